The molecule has 0 saturated carbocycles. The zero-order chi connectivity index (χ0) is 7.94. The summed E-state index contributed by atoms with van der Waals surface area (Å²) in [6.45, 7) is 3.76. The topological polar surface area (TPSA) is 69.5 Å². The summed E-state index contributed by atoms with van der Waals surface area (Å²) in [5, 5.41) is 9.47. The van der Waals surface area contributed by atoms with Crippen LogP contribution in [-0.2, 0) is 4.74 Å². The number of ether oxygens (including phenoxy) is 1. The van der Waals surface area contributed by atoms with E-state index in [9.17, 15) is 0 Å². The van der Waals surface area contributed by atoms with Crippen molar-refractivity contribution in [2.24, 2.45) is 5.11 Å². The minimum absolute atomic E-state index is 0.292. The highest BCUT2D eigenvalue weighted by atomic mass is 16.5. The van der Waals surface area contributed by atoms with Crippen LogP contribution in [0.15, 0.2) is 5.11 Å². The molecule has 0 aliphatic carbocycles. The Balaban J connectivity index is 1.89. The SMILES string of the molecule is N=NCCNC[C@H]1CNCO1. The van der Waals surface area contributed by atoms with Gasteiger partial charge in [0.15, 0.2) is 0 Å². The van der Waals surface area contributed by atoms with E-state index in [-0.39, 0.29) is 0 Å². The normalized spacial score (nSPS) is 23.8. The van der Waals surface area contributed by atoms with E-state index in [1.165, 1.54) is 0 Å². The first-order valence-corrected chi connectivity index (χ1v) is 3.79. The van der Waals surface area contributed by atoms with E-state index in [4.69, 9.17) is 10.3 Å². The van der Waals surface area contributed by atoms with Gasteiger partial charge in [0.2, 0.25) is 0 Å². The zero-order valence-electron chi connectivity index (χ0n) is 6.47. The molecule has 0 aromatic heterocycles. The Kier molecular flexibility index (Phi) is 4.03. The van der Waals surface area contributed by atoms with Crippen LogP contribution >= 0.6 is 0 Å². The highest BCUT2D eigenvalue weighted by Crippen LogP contribution is 1.93. The molecule has 3 N–H and O–H groups in total. The highest BCUT2D eigenvalue weighted by Gasteiger charge is 2.12. The molecule has 1 aliphatic rings. The average molecular weight is 158 g/mol. The Hall–Kier alpha value is -0.520. The van der Waals surface area contributed by atoms with Gasteiger partial charge in [0.05, 0.1) is 19.4 Å². The number of hydrogen-bond donors (Lipinski definition) is 3. The molecule has 1 fully saturated rings. The quantitative estimate of drug-likeness (QED) is 0.375. The molecule has 1 saturated heterocycles. The lowest BCUT2D eigenvalue weighted by Gasteiger charge is -2.07. The van der Waals surface area contributed by atoms with Crippen molar-refractivity contribution in [3.05, 3.63) is 0 Å². The van der Waals surface area contributed by atoms with Gasteiger partial charge in [0.1, 0.15) is 0 Å². The Bertz CT molecular complexity index is 113. The molecule has 1 rings (SSSR count). The molecule has 1 atom stereocenters. The van der Waals surface area contributed by atoms with Crippen LogP contribution in [0.5, 0.6) is 0 Å². The van der Waals surface area contributed by atoms with Crippen molar-refractivity contribution in [2.45, 2.75) is 6.10 Å². The van der Waals surface area contributed by atoms with E-state index in [1.54, 1.807) is 0 Å². The first-order chi connectivity index (χ1) is 5.43. The Labute approximate surface area is 66.0 Å². The first kappa shape index (κ1) is 8.58. The van der Waals surface area contributed by atoms with Gasteiger partial charge in [-0.3, -0.25) is 5.32 Å². The van der Waals surface area contributed by atoms with Crippen molar-refractivity contribution in [3.8, 4) is 0 Å². The predicted octanol–water partition coefficient (Wildman–Crippen LogP) is -0.447. The molecule has 5 heteroatoms. The van der Waals surface area contributed by atoms with E-state index in [2.05, 4.69) is 15.7 Å². The van der Waals surface area contributed by atoms with Crippen LogP contribution in [0.1, 0.15) is 0 Å². The third-order valence-corrected chi connectivity index (χ3v) is 1.57. The van der Waals surface area contributed by atoms with E-state index in [1.807, 2.05) is 0 Å². The fraction of sp³-hybridized carbons (Fsp3) is 1.00. The van der Waals surface area contributed by atoms with Crippen LogP contribution in [0.4, 0.5) is 0 Å². The van der Waals surface area contributed by atoms with Crippen LogP contribution < -0.4 is 10.6 Å². The van der Waals surface area contributed by atoms with Gasteiger partial charge in [-0.25, -0.2) is 5.53 Å². The maximum atomic E-state index is 6.53. The number of rotatable bonds is 5. The molecule has 0 bridgehead atoms. The van der Waals surface area contributed by atoms with E-state index in [0.717, 1.165) is 19.6 Å². The first-order valence-electron chi connectivity index (χ1n) is 3.79. The Morgan fingerprint density at radius 2 is 2.64 bits per heavy atom. The monoisotopic (exact) mass is 158 g/mol. The number of nitrogens with zero attached hydrogens (tertiary/aromatic N) is 1. The standard InChI is InChI=1S/C6H14N4O/c7-10-2-1-8-3-6-4-9-5-11-6/h6-9H,1-5H2/t6-/m0/s1. The van der Waals surface area contributed by atoms with Crippen LogP contribution in [-0.4, -0.2) is 39.0 Å². The fourth-order valence-electron chi connectivity index (χ4n) is 0.985. The molecule has 0 aromatic carbocycles. The fourth-order valence-corrected chi connectivity index (χ4v) is 0.985. The van der Waals surface area contributed by atoms with Gasteiger partial charge < -0.3 is 10.1 Å². The molecular weight excluding hydrogens is 144 g/mol. The van der Waals surface area contributed by atoms with Crippen molar-refractivity contribution < 1.29 is 4.74 Å². The summed E-state index contributed by atoms with van der Waals surface area (Å²) in [5.41, 5.74) is 6.53. The number of hydrogen-bond acceptors (Lipinski definition) is 5. The third kappa shape index (κ3) is 3.41. The summed E-state index contributed by atoms with van der Waals surface area (Å²) in [4.78, 5) is 0. The Morgan fingerprint density at radius 3 is 3.27 bits per heavy atom. The average Bonchev–Trinajstić information content (AvgIpc) is 2.50. The van der Waals surface area contributed by atoms with Gasteiger partial charge in [-0.05, 0) is 0 Å². The summed E-state index contributed by atoms with van der Waals surface area (Å²) in [6.07, 6.45) is 0.292. The lowest BCUT2D eigenvalue weighted by Crippen LogP contribution is -2.30. The molecular formula is C6H14N4O. The summed E-state index contributed by atoms with van der Waals surface area (Å²) in [7, 11) is 0. The van der Waals surface area contributed by atoms with Gasteiger partial charge in [0, 0.05) is 19.6 Å². The van der Waals surface area contributed by atoms with Gasteiger partial charge in [-0.1, -0.05) is 0 Å². The van der Waals surface area contributed by atoms with E-state index in [0.29, 0.717) is 19.4 Å². The van der Waals surface area contributed by atoms with Gasteiger partial charge in [0.25, 0.3) is 0 Å². The summed E-state index contributed by atoms with van der Waals surface area (Å²) in [5.74, 6) is 0. The molecule has 0 amide bonds. The molecule has 64 valence electrons. The smallest absolute Gasteiger partial charge is 0.0971 e. The largest absolute Gasteiger partial charge is 0.360 e. The van der Waals surface area contributed by atoms with Crippen molar-refractivity contribution in [3.63, 3.8) is 0 Å². The minimum Gasteiger partial charge on any atom is -0.360 e. The molecule has 0 radical (unpaired) electrons. The maximum Gasteiger partial charge on any atom is 0.0971 e. The lowest BCUT2D eigenvalue weighted by molar-refractivity contribution is 0.113. The van der Waals surface area contributed by atoms with Crippen molar-refractivity contribution in [2.75, 3.05) is 32.9 Å². The second kappa shape index (κ2) is 5.17. The van der Waals surface area contributed by atoms with Crippen LogP contribution in [0.3, 0.4) is 0 Å². The number of nitrogens with one attached hydrogen (secondary N) is 3. The molecule has 1 heterocycles. The van der Waals surface area contributed by atoms with Crippen LogP contribution in [0, 0.1) is 5.53 Å². The molecule has 1 aliphatic heterocycles. The molecule has 0 aromatic rings. The minimum atomic E-state index is 0.292. The van der Waals surface area contributed by atoms with Gasteiger partial charge in [-0.15, -0.1) is 0 Å². The predicted molar refractivity (Wildman–Crippen MR) is 40.6 cm³/mol. The van der Waals surface area contributed by atoms with Crippen LogP contribution in [0.2, 0.25) is 0 Å². The molecule has 0 unspecified atom stereocenters. The molecule has 0 spiro atoms. The van der Waals surface area contributed by atoms with Crippen molar-refractivity contribution in [1.29, 1.82) is 5.53 Å². The van der Waals surface area contributed by atoms with Crippen molar-refractivity contribution in [1.82, 2.24) is 10.6 Å². The summed E-state index contributed by atoms with van der Waals surface area (Å²) >= 11 is 0. The second-order valence-corrected chi connectivity index (χ2v) is 2.47. The lowest BCUT2D eigenvalue weighted by atomic mass is 10.3. The van der Waals surface area contributed by atoms with E-state index < -0.39 is 0 Å². The van der Waals surface area contributed by atoms with E-state index >= 15 is 0 Å². The van der Waals surface area contributed by atoms with Gasteiger partial charge in [-0.2, -0.15) is 5.11 Å². The highest BCUT2D eigenvalue weighted by molar-refractivity contribution is 4.68. The second-order valence-electron chi connectivity index (χ2n) is 2.47. The maximum absolute atomic E-state index is 6.53. The molecule has 5 nitrogen and oxygen atoms in total. The Morgan fingerprint density at radius 1 is 1.73 bits per heavy atom. The summed E-state index contributed by atoms with van der Waals surface area (Å²) < 4.78 is 5.28. The summed E-state index contributed by atoms with van der Waals surface area (Å²) in [6, 6.07) is 0. The van der Waals surface area contributed by atoms with Gasteiger partial charge >= 0.3 is 0 Å². The van der Waals surface area contributed by atoms with Crippen molar-refractivity contribution >= 4 is 0 Å². The van der Waals surface area contributed by atoms with Crippen LogP contribution in [0.25, 0.3) is 0 Å². The molecule has 11 heavy (non-hydrogen) atoms. The third-order valence-electron chi connectivity index (χ3n) is 1.57. The zero-order valence-corrected chi connectivity index (χ0v) is 6.47.